The lowest BCUT2D eigenvalue weighted by Gasteiger charge is -2.44. The Morgan fingerprint density at radius 1 is 1.18 bits per heavy atom. The highest BCUT2D eigenvalue weighted by atomic mass is 15.2. The summed E-state index contributed by atoms with van der Waals surface area (Å²) in [5, 5.41) is 3.74. The molecule has 0 aromatic carbocycles. The molecule has 4 unspecified atom stereocenters. The molecule has 2 nitrogen and oxygen atoms in total. The lowest BCUT2D eigenvalue weighted by molar-refractivity contribution is 0.0796. The standard InChI is InChI=1S/C15H30N2/c1-10(2)14-9-17(8-13-6-12(13)5)15(7-16-14)11(3)4/h10-16H,6-9H2,1-5H3. The SMILES string of the molecule is CC(C)C1CN(CC2CC2C)C(C(C)C)CN1. The zero-order valence-electron chi connectivity index (χ0n) is 12.2. The van der Waals surface area contributed by atoms with Gasteiger partial charge in [0, 0.05) is 31.7 Å². The Balaban J connectivity index is 1.94. The van der Waals surface area contributed by atoms with Crippen molar-refractivity contribution in [1.82, 2.24) is 10.2 Å². The van der Waals surface area contributed by atoms with E-state index in [1.54, 1.807) is 0 Å². The van der Waals surface area contributed by atoms with E-state index in [0.29, 0.717) is 6.04 Å². The van der Waals surface area contributed by atoms with Gasteiger partial charge in [-0.05, 0) is 30.1 Å². The minimum absolute atomic E-state index is 0.694. The highest BCUT2D eigenvalue weighted by Crippen LogP contribution is 2.39. The molecule has 2 heteroatoms. The van der Waals surface area contributed by atoms with Crippen molar-refractivity contribution in [2.45, 2.75) is 53.1 Å². The molecule has 100 valence electrons. The summed E-state index contributed by atoms with van der Waals surface area (Å²) >= 11 is 0. The number of nitrogens with one attached hydrogen (secondary N) is 1. The summed E-state index contributed by atoms with van der Waals surface area (Å²) in [7, 11) is 0. The Morgan fingerprint density at radius 3 is 2.29 bits per heavy atom. The minimum Gasteiger partial charge on any atom is -0.311 e. The van der Waals surface area contributed by atoms with Crippen molar-refractivity contribution in [3.63, 3.8) is 0 Å². The van der Waals surface area contributed by atoms with Gasteiger partial charge >= 0.3 is 0 Å². The van der Waals surface area contributed by atoms with Crippen molar-refractivity contribution in [1.29, 1.82) is 0 Å². The molecule has 0 radical (unpaired) electrons. The second-order valence-corrected chi connectivity index (χ2v) is 7.00. The first-order valence-electron chi connectivity index (χ1n) is 7.46. The van der Waals surface area contributed by atoms with Crippen LogP contribution < -0.4 is 5.32 Å². The first-order valence-corrected chi connectivity index (χ1v) is 7.46. The Hall–Kier alpha value is -0.0800. The second-order valence-electron chi connectivity index (χ2n) is 7.00. The number of hydrogen-bond donors (Lipinski definition) is 1. The molecular formula is C15H30N2. The summed E-state index contributed by atoms with van der Waals surface area (Å²) in [4.78, 5) is 2.78. The van der Waals surface area contributed by atoms with Crippen LogP contribution in [0.4, 0.5) is 0 Å². The fourth-order valence-corrected chi connectivity index (χ4v) is 3.12. The van der Waals surface area contributed by atoms with Gasteiger partial charge in [-0.25, -0.2) is 0 Å². The van der Waals surface area contributed by atoms with Gasteiger partial charge in [-0.15, -0.1) is 0 Å². The van der Waals surface area contributed by atoms with E-state index < -0.39 is 0 Å². The van der Waals surface area contributed by atoms with Gasteiger partial charge in [0.05, 0.1) is 0 Å². The van der Waals surface area contributed by atoms with Crippen LogP contribution in [-0.2, 0) is 0 Å². The zero-order valence-corrected chi connectivity index (χ0v) is 12.2. The summed E-state index contributed by atoms with van der Waals surface area (Å²) < 4.78 is 0. The second kappa shape index (κ2) is 5.27. The molecule has 1 heterocycles. The van der Waals surface area contributed by atoms with Gasteiger partial charge in [0.15, 0.2) is 0 Å². The van der Waals surface area contributed by atoms with Crippen molar-refractivity contribution in [3.8, 4) is 0 Å². The fraction of sp³-hybridized carbons (Fsp3) is 1.00. The molecule has 17 heavy (non-hydrogen) atoms. The molecule has 2 fully saturated rings. The third-order valence-corrected chi connectivity index (χ3v) is 4.81. The zero-order chi connectivity index (χ0) is 12.6. The van der Waals surface area contributed by atoms with Crippen LogP contribution in [0.1, 0.15) is 41.0 Å². The average Bonchev–Trinajstić information content (AvgIpc) is 2.93. The Labute approximate surface area is 107 Å². The van der Waals surface area contributed by atoms with E-state index in [-0.39, 0.29) is 0 Å². The van der Waals surface area contributed by atoms with Crippen LogP contribution in [0.3, 0.4) is 0 Å². The number of piperazine rings is 1. The molecule has 2 rings (SSSR count). The van der Waals surface area contributed by atoms with E-state index in [2.05, 4.69) is 44.8 Å². The minimum atomic E-state index is 0.694. The number of hydrogen-bond acceptors (Lipinski definition) is 2. The first kappa shape index (κ1) is 13.4. The third kappa shape index (κ3) is 3.23. The van der Waals surface area contributed by atoms with Crippen molar-refractivity contribution in [3.05, 3.63) is 0 Å². The highest BCUT2D eigenvalue weighted by Gasteiger charge is 2.38. The van der Waals surface area contributed by atoms with Crippen LogP contribution in [0.15, 0.2) is 0 Å². The summed E-state index contributed by atoms with van der Waals surface area (Å²) in [6.07, 6.45) is 1.46. The lowest BCUT2D eigenvalue weighted by Crippen LogP contribution is -2.60. The van der Waals surface area contributed by atoms with E-state index in [4.69, 9.17) is 0 Å². The summed E-state index contributed by atoms with van der Waals surface area (Å²) in [6, 6.07) is 1.44. The molecule has 1 aliphatic carbocycles. The van der Waals surface area contributed by atoms with Crippen LogP contribution in [0.2, 0.25) is 0 Å². The smallest absolute Gasteiger partial charge is 0.0244 e. The average molecular weight is 238 g/mol. The summed E-state index contributed by atoms with van der Waals surface area (Å²) in [6.45, 7) is 15.6. The fourth-order valence-electron chi connectivity index (χ4n) is 3.12. The van der Waals surface area contributed by atoms with Gasteiger partial charge < -0.3 is 5.32 Å². The van der Waals surface area contributed by atoms with Gasteiger partial charge in [-0.1, -0.05) is 34.6 Å². The molecule has 1 aliphatic heterocycles. The van der Waals surface area contributed by atoms with E-state index >= 15 is 0 Å². The highest BCUT2D eigenvalue weighted by molar-refractivity contribution is 4.93. The topological polar surface area (TPSA) is 15.3 Å². The van der Waals surface area contributed by atoms with Crippen LogP contribution >= 0.6 is 0 Å². The predicted molar refractivity (Wildman–Crippen MR) is 74.1 cm³/mol. The molecule has 4 atom stereocenters. The molecule has 0 amide bonds. The molecule has 0 spiro atoms. The van der Waals surface area contributed by atoms with Crippen molar-refractivity contribution >= 4 is 0 Å². The van der Waals surface area contributed by atoms with Crippen LogP contribution in [0, 0.1) is 23.7 Å². The largest absolute Gasteiger partial charge is 0.311 e. The molecule has 0 aromatic heterocycles. The Kier molecular flexibility index (Phi) is 4.14. The predicted octanol–water partition coefficient (Wildman–Crippen LogP) is 2.60. The maximum atomic E-state index is 3.74. The van der Waals surface area contributed by atoms with E-state index in [1.165, 1.54) is 26.1 Å². The number of rotatable bonds is 4. The molecule has 1 saturated carbocycles. The molecular weight excluding hydrogens is 208 g/mol. The van der Waals surface area contributed by atoms with Gasteiger partial charge in [0.1, 0.15) is 0 Å². The lowest BCUT2D eigenvalue weighted by atomic mass is 9.94. The Morgan fingerprint density at radius 2 is 1.82 bits per heavy atom. The molecule has 1 saturated heterocycles. The Bertz CT molecular complexity index is 249. The monoisotopic (exact) mass is 238 g/mol. The maximum Gasteiger partial charge on any atom is 0.0244 e. The van der Waals surface area contributed by atoms with Gasteiger partial charge in [0.2, 0.25) is 0 Å². The van der Waals surface area contributed by atoms with Crippen LogP contribution in [0.5, 0.6) is 0 Å². The van der Waals surface area contributed by atoms with Gasteiger partial charge in [-0.3, -0.25) is 4.90 Å². The van der Waals surface area contributed by atoms with Crippen LogP contribution in [0.25, 0.3) is 0 Å². The number of nitrogens with zero attached hydrogens (tertiary/aromatic N) is 1. The third-order valence-electron chi connectivity index (χ3n) is 4.81. The quantitative estimate of drug-likeness (QED) is 0.810. The van der Waals surface area contributed by atoms with Gasteiger partial charge in [-0.2, -0.15) is 0 Å². The van der Waals surface area contributed by atoms with E-state index in [0.717, 1.165) is 29.7 Å². The van der Waals surface area contributed by atoms with Crippen molar-refractivity contribution in [2.75, 3.05) is 19.6 Å². The molecule has 0 bridgehead atoms. The van der Waals surface area contributed by atoms with Gasteiger partial charge in [0.25, 0.3) is 0 Å². The van der Waals surface area contributed by atoms with E-state index in [1.807, 2.05) is 0 Å². The van der Waals surface area contributed by atoms with E-state index in [9.17, 15) is 0 Å². The van der Waals surface area contributed by atoms with Crippen molar-refractivity contribution < 1.29 is 0 Å². The molecule has 2 aliphatic rings. The normalized spacial score (nSPS) is 39.0. The molecule has 0 aromatic rings. The summed E-state index contributed by atoms with van der Waals surface area (Å²) in [5.74, 6) is 3.49. The maximum absolute atomic E-state index is 3.74. The van der Waals surface area contributed by atoms with Crippen molar-refractivity contribution in [2.24, 2.45) is 23.7 Å². The molecule has 1 N–H and O–H groups in total. The summed E-state index contributed by atoms with van der Waals surface area (Å²) in [5.41, 5.74) is 0. The van der Waals surface area contributed by atoms with Crippen LogP contribution in [-0.4, -0.2) is 36.6 Å². The first-order chi connectivity index (χ1) is 7.99.